The lowest BCUT2D eigenvalue weighted by atomic mass is 10.1. The van der Waals surface area contributed by atoms with E-state index in [-0.39, 0.29) is 6.04 Å². The zero-order valence-corrected chi connectivity index (χ0v) is 13.0. The van der Waals surface area contributed by atoms with Crippen LogP contribution in [0.3, 0.4) is 0 Å². The zero-order chi connectivity index (χ0) is 15.5. The van der Waals surface area contributed by atoms with E-state index in [0.717, 1.165) is 28.4 Å². The minimum absolute atomic E-state index is 0.212. The maximum Gasteiger partial charge on any atom is 0.161 e. The van der Waals surface area contributed by atoms with Crippen LogP contribution >= 0.6 is 0 Å². The Morgan fingerprint density at radius 3 is 2.64 bits per heavy atom. The van der Waals surface area contributed by atoms with Gasteiger partial charge < -0.3 is 19.9 Å². The quantitative estimate of drug-likeness (QED) is 0.942. The molecule has 1 aliphatic rings. The van der Waals surface area contributed by atoms with Crippen molar-refractivity contribution in [1.82, 2.24) is 0 Å². The van der Waals surface area contributed by atoms with Crippen LogP contribution in [0.5, 0.6) is 17.2 Å². The highest BCUT2D eigenvalue weighted by Gasteiger charge is 2.15. The molecule has 2 N–H and O–H groups in total. The standard InChI is InChI=1S/C18H21NO3/c1-12-3-4-13(2)17(9-12)22-11-15(19)14-5-6-16-18(10-14)21-8-7-20-16/h3-6,9-10,15H,7-8,11,19H2,1-2H3. The number of fused-ring (bicyclic) bond motifs is 1. The number of nitrogens with two attached hydrogens (primary N) is 1. The SMILES string of the molecule is Cc1ccc(C)c(OCC(N)c2ccc3c(c2)OCCO3)c1. The molecule has 0 radical (unpaired) electrons. The minimum atomic E-state index is -0.212. The van der Waals surface area contributed by atoms with E-state index in [4.69, 9.17) is 19.9 Å². The first-order valence-electron chi connectivity index (χ1n) is 7.48. The van der Waals surface area contributed by atoms with Crippen molar-refractivity contribution in [3.63, 3.8) is 0 Å². The van der Waals surface area contributed by atoms with Gasteiger partial charge in [0.15, 0.2) is 11.5 Å². The molecule has 0 spiro atoms. The molecule has 1 heterocycles. The molecule has 0 amide bonds. The Morgan fingerprint density at radius 2 is 1.82 bits per heavy atom. The fourth-order valence-corrected chi connectivity index (χ4v) is 2.43. The Hall–Kier alpha value is -2.20. The average molecular weight is 299 g/mol. The number of hydrogen-bond acceptors (Lipinski definition) is 4. The van der Waals surface area contributed by atoms with Gasteiger partial charge in [0.05, 0.1) is 6.04 Å². The second kappa shape index (κ2) is 6.28. The van der Waals surface area contributed by atoms with E-state index in [9.17, 15) is 0 Å². The summed E-state index contributed by atoms with van der Waals surface area (Å²) in [6.07, 6.45) is 0. The molecule has 1 unspecified atom stereocenters. The Bertz CT molecular complexity index is 669. The molecule has 1 aliphatic heterocycles. The van der Waals surface area contributed by atoms with E-state index in [1.807, 2.05) is 38.1 Å². The second-order valence-corrected chi connectivity index (χ2v) is 5.59. The van der Waals surface area contributed by atoms with Crippen LogP contribution in [0.1, 0.15) is 22.7 Å². The number of hydrogen-bond donors (Lipinski definition) is 1. The van der Waals surface area contributed by atoms with Crippen molar-refractivity contribution < 1.29 is 14.2 Å². The molecular weight excluding hydrogens is 278 g/mol. The molecule has 1 atom stereocenters. The van der Waals surface area contributed by atoms with Crippen molar-refractivity contribution in [2.24, 2.45) is 5.73 Å². The topological polar surface area (TPSA) is 53.7 Å². The first kappa shape index (κ1) is 14.7. The van der Waals surface area contributed by atoms with Crippen molar-refractivity contribution in [3.05, 3.63) is 53.1 Å². The highest BCUT2D eigenvalue weighted by atomic mass is 16.6. The summed E-state index contributed by atoms with van der Waals surface area (Å²) in [5, 5.41) is 0. The predicted molar refractivity (Wildman–Crippen MR) is 85.8 cm³/mol. The lowest BCUT2D eigenvalue weighted by molar-refractivity contribution is 0.171. The van der Waals surface area contributed by atoms with Gasteiger partial charge in [0.1, 0.15) is 25.6 Å². The maximum atomic E-state index is 6.24. The van der Waals surface area contributed by atoms with E-state index < -0.39 is 0 Å². The third kappa shape index (κ3) is 3.17. The lowest BCUT2D eigenvalue weighted by Crippen LogP contribution is -2.20. The summed E-state index contributed by atoms with van der Waals surface area (Å²) in [7, 11) is 0. The second-order valence-electron chi connectivity index (χ2n) is 5.59. The zero-order valence-electron chi connectivity index (χ0n) is 13.0. The summed E-state index contributed by atoms with van der Waals surface area (Å²) in [6.45, 7) is 5.67. The van der Waals surface area contributed by atoms with Crippen LogP contribution < -0.4 is 19.9 Å². The lowest BCUT2D eigenvalue weighted by Gasteiger charge is -2.21. The molecule has 2 aromatic carbocycles. The van der Waals surface area contributed by atoms with Crippen LogP contribution in [0, 0.1) is 13.8 Å². The first-order valence-corrected chi connectivity index (χ1v) is 7.48. The minimum Gasteiger partial charge on any atom is -0.491 e. The molecule has 0 saturated carbocycles. The fraction of sp³-hybridized carbons (Fsp3) is 0.333. The number of ether oxygens (including phenoxy) is 3. The van der Waals surface area contributed by atoms with Gasteiger partial charge in [0.2, 0.25) is 0 Å². The largest absolute Gasteiger partial charge is 0.491 e. The summed E-state index contributed by atoms with van der Waals surface area (Å²) in [4.78, 5) is 0. The summed E-state index contributed by atoms with van der Waals surface area (Å²) in [5.74, 6) is 2.41. The molecule has 22 heavy (non-hydrogen) atoms. The molecule has 0 bridgehead atoms. The van der Waals surface area contributed by atoms with Gasteiger partial charge >= 0.3 is 0 Å². The molecular formula is C18H21NO3. The summed E-state index contributed by atoms with van der Waals surface area (Å²) in [5.41, 5.74) is 9.51. The summed E-state index contributed by atoms with van der Waals surface area (Å²) >= 11 is 0. The van der Waals surface area contributed by atoms with Crippen molar-refractivity contribution in [2.75, 3.05) is 19.8 Å². The van der Waals surface area contributed by atoms with Crippen LogP contribution in [-0.4, -0.2) is 19.8 Å². The normalized spacial score (nSPS) is 14.5. The van der Waals surface area contributed by atoms with Gasteiger partial charge in [0, 0.05) is 0 Å². The maximum absolute atomic E-state index is 6.24. The van der Waals surface area contributed by atoms with Gasteiger partial charge in [-0.3, -0.25) is 0 Å². The number of benzene rings is 2. The molecule has 4 heteroatoms. The molecule has 0 fully saturated rings. The number of rotatable bonds is 4. The summed E-state index contributed by atoms with van der Waals surface area (Å²) < 4.78 is 17.0. The van der Waals surface area contributed by atoms with Crippen molar-refractivity contribution in [1.29, 1.82) is 0 Å². The van der Waals surface area contributed by atoms with Gasteiger partial charge in [0.25, 0.3) is 0 Å². The van der Waals surface area contributed by atoms with Gasteiger partial charge in [-0.2, -0.15) is 0 Å². The van der Waals surface area contributed by atoms with Gasteiger partial charge in [-0.25, -0.2) is 0 Å². The average Bonchev–Trinajstić information content (AvgIpc) is 2.55. The molecule has 0 saturated heterocycles. The highest BCUT2D eigenvalue weighted by Crippen LogP contribution is 2.32. The van der Waals surface area contributed by atoms with Crippen LogP contribution in [-0.2, 0) is 0 Å². The Labute approximate surface area is 130 Å². The van der Waals surface area contributed by atoms with E-state index in [0.29, 0.717) is 19.8 Å². The first-order chi connectivity index (χ1) is 10.6. The Balaban J connectivity index is 1.69. The molecule has 116 valence electrons. The monoisotopic (exact) mass is 299 g/mol. The van der Waals surface area contributed by atoms with Crippen molar-refractivity contribution in [2.45, 2.75) is 19.9 Å². The molecule has 2 aromatic rings. The van der Waals surface area contributed by atoms with Crippen LogP contribution in [0.2, 0.25) is 0 Å². The van der Waals surface area contributed by atoms with E-state index >= 15 is 0 Å². The Morgan fingerprint density at radius 1 is 1.05 bits per heavy atom. The smallest absolute Gasteiger partial charge is 0.161 e. The van der Waals surface area contributed by atoms with Crippen molar-refractivity contribution >= 4 is 0 Å². The fourth-order valence-electron chi connectivity index (χ4n) is 2.43. The van der Waals surface area contributed by atoms with Gasteiger partial charge in [-0.15, -0.1) is 0 Å². The van der Waals surface area contributed by atoms with Crippen LogP contribution in [0.25, 0.3) is 0 Å². The third-order valence-corrected chi connectivity index (χ3v) is 3.76. The van der Waals surface area contributed by atoms with Gasteiger partial charge in [-0.1, -0.05) is 18.2 Å². The molecule has 0 aromatic heterocycles. The number of aryl methyl sites for hydroxylation is 2. The predicted octanol–water partition coefficient (Wildman–Crippen LogP) is 3.15. The highest BCUT2D eigenvalue weighted by molar-refractivity contribution is 5.44. The van der Waals surface area contributed by atoms with E-state index in [1.54, 1.807) is 0 Å². The van der Waals surface area contributed by atoms with E-state index in [1.165, 1.54) is 5.56 Å². The third-order valence-electron chi connectivity index (χ3n) is 3.76. The van der Waals surface area contributed by atoms with Crippen LogP contribution in [0.15, 0.2) is 36.4 Å². The van der Waals surface area contributed by atoms with Crippen molar-refractivity contribution in [3.8, 4) is 17.2 Å². The van der Waals surface area contributed by atoms with Gasteiger partial charge in [-0.05, 0) is 48.7 Å². The van der Waals surface area contributed by atoms with E-state index in [2.05, 4.69) is 12.1 Å². The molecule has 0 aliphatic carbocycles. The summed E-state index contributed by atoms with van der Waals surface area (Å²) in [6, 6.07) is 11.8. The molecule has 3 rings (SSSR count). The van der Waals surface area contributed by atoms with Crippen LogP contribution in [0.4, 0.5) is 0 Å². The molecule has 4 nitrogen and oxygen atoms in total. The Kier molecular flexibility index (Phi) is 4.20.